The number of piperazine rings is 1. The second-order valence-electron chi connectivity index (χ2n) is 7.52. The summed E-state index contributed by atoms with van der Waals surface area (Å²) in [4.78, 5) is 28.6. The summed E-state index contributed by atoms with van der Waals surface area (Å²) in [6, 6.07) is 4.83. The molecule has 0 aliphatic carbocycles. The zero-order valence-electron chi connectivity index (χ0n) is 17.6. The number of anilines is 2. The molecular weight excluding hydrogens is 410 g/mol. The number of carbonyl (C=O) groups excluding carboxylic acids is 2. The Kier molecular flexibility index (Phi) is 6.84. The largest absolute Gasteiger partial charge is 0.465 e. The summed E-state index contributed by atoms with van der Waals surface area (Å²) < 4.78 is 31.8. The van der Waals surface area contributed by atoms with Gasteiger partial charge < -0.3 is 19.9 Å². The Bertz CT molecular complexity index is 891. The number of nitrogens with zero attached hydrogens (tertiary/aromatic N) is 4. The molecule has 1 N–H and O–H groups in total. The fourth-order valence-electron chi connectivity index (χ4n) is 3.66. The molecule has 0 spiro atoms. The Balaban J connectivity index is 1.73. The maximum absolute atomic E-state index is 12.9. The van der Waals surface area contributed by atoms with E-state index in [1.165, 1.54) is 29.8 Å². The summed E-state index contributed by atoms with van der Waals surface area (Å²) in [5.74, 6) is -0.471. The number of urea groups is 1. The van der Waals surface area contributed by atoms with Crippen LogP contribution in [-0.4, -0.2) is 94.4 Å². The van der Waals surface area contributed by atoms with Crippen molar-refractivity contribution in [2.24, 2.45) is 0 Å². The molecule has 1 aromatic rings. The monoisotopic (exact) mass is 439 g/mol. The predicted octanol–water partition coefficient (Wildman–Crippen LogP) is 1.03. The summed E-state index contributed by atoms with van der Waals surface area (Å²) in [6.07, 6.45) is 2.16. The third kappa shape index (κ3) is 4.68. The number of rotatable bonds is 5. The summed E-state index contributed by atoms with van der Waals surface area (Å²) in [7, 11) is 0.799. The van der Waals surface area contributed by atoms with Crippen molar-refractivity contribution in [3.05, 3.63) is 23.8 Å². The summed E-state index contributed by atoms with van der Waals surface area (Å²) in [5.41, 5.74) is 1.77. The van der Waals surface area contributed by atoms with Crippen molar-refractivity contribution < 1.29 is 22.7 Å². The minimum absolute atomic E-state index is 0.231. The molecule has 30 heavy (non-hydrogen) atoms. The SMILES string of the molecule is COC(=O)c1ccc(N2CCCC2)c(NC(=O)N2CCN(S(=O)(=O)N(C)C)CC2)c1. The van der Waals surface area contributed by atoms with Crippen LogP contribution in [0.15, 0.2) is 18.2 Å². The molecule has 0 aromatic heterocycles. The van der Waals surface area contributed by atoms with Gasteiger partial charge in [0.1, 0.15) is 0 Å². The number of hydrogen-bond acceptors (Lipinski definition) is 6. The van der Waals surface area contributed by atoms with Crippen molar-refractivity contribution >= 4 is 33.6 Å². The molecule has 0 saturated carbocycles. The highest BCUT2D eigenvalue weighted by atomic mass is 32.2. The first-order valence-electron chi connectivity index (χ1n) is 9.95. The summed E-state index contributed by atoms with van der Waals surface area (Å²) >= 11 is 0. The highest BCUT2D eigenvalue weighted by Crippen LogP contribution is 2.30. The molecule has 0 radical (unpaired) electrons. The van der Waals surface area contributed by atoms with Crippen molar-refractivity contribution in [3.8, 4) is 0 Å². The molecule has 0 bridgehead atoms. The van der Waals surface area contributed by atoms with Crippen LogP contribution >= 0.6 is 0 Å². The molecule has 0 atom stereocenters. The zero-order chi connectivity index (χ0) is 21.9. The lowest BCUT2D eigenvalue weighted by Gasteiger charge is -2.35. The van der Waals surface area contributed by atoms with E-state index in [0.29, 0.717) is 11.3 Å². The van der Waals surface area contributed by atoms with Crippen molar-refractivity contribution in [2.45, 2.75) is 12.8 Å². The van der Waals surface area contributed by atoms with E-state index in [1.54, 1.807) is 17.0 Å². The average Bonchev–Trinajstić information content (AvgIpc) is 3.27. The third-order valence-electron chi connectivity index (χ3n) is 5.42. The van der Waals surface area contributed by atoms with Crippen LogP contribution in [0, 0.1) is 0 Å². The molecule has 0 unspecified atom stereocenters. The molecule has 2 amide bonds. The maximum atomic E-state index is 12.9. The van der Waals surface area contributed by atoms with Crippen LogP contribution in [0.2, 0.25) is 0 Å². The van der Waals surface area contributed by atoms with Crippen molar-refractivity contribution in [1.82, 2.24) is 13.5 Å². The van der Waals surface area contributed by atoms with Gasteiger partial charge in [-0.2, -0.15) is 17.0 Å². The number of esters is 1. The topological polar surface area (TPSA) is 102 Å². The van der Waals surface area contributed by atoms with Gasteiger partial charge in [-0.15, -0.1) is 0 Å². The number of methoxy groups -OCH3 is 1. The van der Waals surface area contributed by atoms with E-state index >= 15 is 0 Å². The minimum Gasteiger partial charge on any atom is -0.465 e. The lowest BCUT2D eigenvalue weighted by atomic mass is 10.1. The van der Waals surface area contributed by atoms with Gasteiger partial charge in [0.25, 0.3) is 10.2 Å². The number of benzene rings is 1. The molecule has 2 aliphatic rings. The standard InChI is InChI=1S/C19H29N5O5S/c1-21(2)30(27,28)24-12-10-23(11-13-24)19(26)20-16-14-15(18(25)29-3)6-7-17(16)22-8-4-5-9-22/h6-7,14H,4-5,8-13H2,1-3H3,(H,20,26). The highest BCUT2D eigenvalue weighted by Gasteiger charge is 2.30. The highest BCUT2D eigenvalue weighted by molar-refractivity contribution is 7.86. The number of ether oxygens (including phenoxy) is 1. The van der Waals surface area contributed by atoms with Crippen LogP contribution < -0.4 is 10.2 Å². The smallest absolute Gasteiger partial charge is 0.337 e. The van der Waals surface area contributed by atoms with Gasteiger partial charge >= 0.3 is 12.0 Å². The van der Waals surface area contributed by atoms with Gasteiger partial charge in [0.05, 0.1) is 24.0 Å². The molecule has 2 fully saturated rings. The quantitative estimate of drug-likeness (QED) is 0.688. The Labute approximate surface area is 177 Å². The number of carbonyl (C=O) groups is 2. The van der Waals surface area contributed by atoms with Gasteiger partial charge in [-0.3, -0.25) is 0 Å². The molecule has 11 heteroatoms. The van der Waals surface area contributed by atoms with E-state index in [0.717, 1.165) is 31.6 Å². The molecule has 2 saturated heterocycles. The van der Waals surface area contributed by atoms with Crippen LogP contribution in [0.25, 0.3) is 0 Å². The fraction of sp³-hybridized carbons (Fsp3) is 0.579. The lowest BCUT2D eigenvalue weighted by Crippen LogP contribution is -2.53. The van der Waals surface area contributed by atoms with Gasteiger partial charge in [-0.05, 0) is 31.0 Å². The van der Waals surface area contributed by atoms with E-state index in [2.05, 4.69) is 10.2 Å². The number of amides is 2. The van der Waals surface area contributed by atoms with E-state index in [4.69, 9.17) is 4.74 Å². The Morgan fingerprint density at radius 2 is 1.67 bits per heavy atom. The summed E-state index contributed by atoms with van der Waals surface area (Å²) in [5, 5.41) is 2.91. The predicted molar refractivity (Wildman–Crippen MR) is 114 cm³/mol. The van der Waals surface area contributed by atoms with E-state index < -0.39 is 16.2 Å². The molecular formula is C19H29N5O5S. The van der Waals surface area contributed by atoms with E-state index in [1.807, 2.05) is 6.07 Å². The Morgan fingerprint density at radius 3 is 2.23 bits per heavy atom. The van der Waals surface area contributed by atoms with E-state index in [-0.39, 0.29) is 32.2 Å². The van der Waals surface area contributed by atoms with Crippen molar-refractivity contribution in [2.75, 3.05) is 70.7 Å². The second-order valence-corrected chi connectivity index (χ2v) is 9.67. The van der Waals surface area contributed by atoms with Crippen LogP contribution in [0.1, 0.15) is 23.2 Å². The number of hydrogen-bond donors (Lipinski definition) is 1. The third-order valence-corrected chi connectivity index (χ3v) is 7.36. The van der Waals surface area contributed by atoms with Crippen LogP contribution in [0.3, 0.4) is 0 Å². The van der Waals surface area contributed by atoms with Gasteiger partial charge in [-0.1, -0.05) is 0 Å². The van der Waals surface area contributed by atoms with Crippen LogP contribution in [-0.2, 0) is 14.9 Å². The first kappa shape index (κ1) is 22.3. The Morgan fingerprint density at radius 1 is 1.03 bits per heavy atom. The average molecular weight is 440 g/mol. The summed E-state index contributed by atoms with van der Waals surface area (Å²) in [6.45, 7) is 2.82. The molecule has 2 heterocycles. The maximum Gasteiger partial charge on any atom is 0.337 e. The van der Waals surface area contributed by atoms with E-state index in [9.17, 15) is 18.0 Å². The first-order chi connectivity index (χ1) is 14.2. The lowest BCUT2D eigenvalue weighted by molar-refractivity contribution is 0.0600. The van der Waals surface area contributed by atoms with Crippen LogP contribution in [0.5, 0.6) is 0 Å². The van der Waals surface area contributed by atoms with Gasteiger partial charge in [0.15, 0.2) is 0 Å². The molecule has 2 aliphatic heterocycles. The van der Waals surface area contributed by atoms with Gasteiger partial charge in [-0.25, -0.2) is 9.59 Å². The first-order valence-corrected chi connectivity index (χ1v) is 11.3. The molecule has 1 aromatic carbocycles. The van der Waals surface area contributed by atoms with Gasteiger partial charge in [0, 0.05) is 53.4 Å². The Hall–Kier alpha value is -2.37. The minimum atomic E-state index is -3.49. The molecule has 3 rings (SSSR count). The molecule has 10 nitrogen and oxygen atoms in total. The van der Waals surface area contributed by atoms with Crippen molar-refractivity contribution in [3.63, 3.8) is 0 Å². The zero-order valence-corrected chi connectivity index (χ0v) is 18.4. The normalized spacial score (nSPS) is 18.0. The van der Waals surface area contributed by atoms with Crippen LogP contribution in [0.4, 0.5) is 16.2 Å². The van der Waals surface area contributed by atoms with Crippen molar-refractivity contribution in [1.29, 1.82) is 0 Å². The second kappa shape index (κ2) is 9.19. The molecule has 166 valence electrons. The van der Waals surface area contributed by atoms with Gasteiger partial charge in [0.2, 0.25) is 0 Å². The number of nitrogens with one attached hydrogen (secondary N) is 1. The fourth-order valence-corrected chi connectivity index (χ4v) is 4.75.